The minimum atomic E-state index is -0.270. The first-order valence-corrected chi connectivity index (χ1v) is 8.35. The maximum absolute atomic E-state index is 12.5. The van der Waals surface area contributed by atoms with Crippen LogP contribution < -0.4 is 5.49 Å². The summed E-state index contributed by atoms with van der Waals surface area (Å²) >= 11 is 0. The van der Waals surface area contributed by atoms with Gasteiger partial charge in [0, 0.05) is 12.7 Å². The molecule has 0 atom stereocenters. The molecule has 0 radical (unpaired) electrons. The lowest BCUT2D eigenvalue weighted by Crippen LogP contribution is -2.23. The minimum Gasteiger partial charge on any atom is -0.328 e. The van der Waals surface area contributed by atoms with Crippen LogP contribution in [0, 0.1) is 0 Å². The topological polar surface area (TPSA) is 65.1 Å². The van der Waals surface area contributed by atoms with E-state index in [1.54, 1.807) is 4.68 Å². The van der Waals surface area contributed by atoms with Crippen LogP contribution in [-0.2, 0) is 17.9 Å². The molecule has 0 fully saturated rings. The fraction of sp³-hybridized carbons (Fsp3) is 0.100. The Kier molecular flexibility index (Phi) is 4.38. The van der Waals surface area contributed by atoms with Crippen LogP contribution in [-0.4, -0.2) is 25.5 Å². The Balaban J connectivity index is 1.61. The number of carbonyl (C=O) groups excluding carboxylic acids is 1. The van der Waals surface area contributed by atoms with E-state index in [4.69, 9.17) is 0 Å². The zero-order valence-electron chi connectivity index (χ0n) is 14.1. The molecule has 0 saturated carbocycles. The second kappa shape index (κ2) is 7.14. The van der Waals surface area contributed by atoms with Gasteiger partial charge >= 0.3 is 0 Å². The van der Waals surface area contributed by atoms with Gasteiger partial charge < -0.3 is 4.57 Å². The van der Waals surface area contributed by atoms with Crippen LogP contribution in [0.5, 0.6) is 0 Å². The molecule has 0 saturated heterocycles. The molecule has 4 aromatic rings. The average molecular weight is 343 g/mol. The maximum Gasteiger partial charge on any atom is 0.269 e. The number of para-hydroxylation sites is 1. The lowest BCUT2D eigenvalue weighted by atomic mass is 10.2. The highest BCUT2D eigenvalue weighted by molar-refractivity contribution is 5.80. The molecule has 0 aliphatic rings. The molecule has 26 heavy (non-hydrogen) atoms. The Morgan fingerprint density at radius 1 is 0.923 bits per heavy atom. The first kappa shape index (κ1) is 16.0. The summed E-state index contributed by atoms with van der Waals surface area (Å²) in [6.45, 7) is 0.709. The van der Waals surface area contributed by atoms with Crippen molar-refractivity contribution in [2.75, 3.05) is 0 Å². The van der Waals surface area contributed by atoms with Crippen molar-refractivity contribution < 1.29 is 4.79 Å². The van der Waals surface area contributed by atoms with Gasteiger partial charge in [-0.05, 0) is 29.8 Å². The Bertz CT molecular complexity index is 1110. The highest BCUT2D eigenvalue weighted by Gasteiger charge is 2.08. The quantitative estimate of drug-likeness (QED) is 0.571. The molecule has 0 unspecified atom stereocenters. The largest absolute Gasteiger partial charge is 0.328 e. The molecule has 2 heterocycles. The maximum atomic E-state index is 12.5. The molecular weight excluding hydrogens is 326 g/mol. The second-order valence-corrected chi connectivity index (χ2v) is 5.91. The Morgan fingerprint density at radius 3 is 2.58 bits per heavy atom. The molecule has 2 aromatic heterocycles. The number of carbonyl (C=O) groups is 1. The normalized spacial score (nSPS) is 11.8. The SMILES string of the molecule is O=C(Cn1nnc2ccccc21)N=c1ccccn1Cc1ccccc1. The zero-order chi connectivity index (χ0) is 17.8. The van der Waals surface area contributed by atoms with Gasteiger partial charge in [0.25, 0.3) is 5.91 Å². The van der Waals surface area contributed by atoms with Crippen LogP contribution in [0.15, 0.2) is 84.0 Å². The van der Waals surface area contributed by atoms with E-state index < -0.39 is 0 Å². The van der Waals surface area contributed by atoms with Gasteiger partial charge in [0.2, 0.25) is 0 Å². The van der Waals surface area contributed by atoms with Gasteiger partial charge in [-0.3, -0.25) is 4.79 Å². The average Bonchev–Trinajstić information content (AvgIpc) is 3.07. The molecule has 0 spiro atoms. The molecule has 0 bridgehead atoms. The molecule has 4 rings (SSSR count). The number of benzene rings is 2. The molecule has 0 aliphatic carbocycles. The van der Waals surface area contributed by atoms with Crippen molar-refractivity contribution in [2.24, 2.45) is 4.99 Å². The van der Waals surface area contributed by atoms with Gasteiger partial charge in [-0.2, -0.15) is 4.99 Å². The Hall–Kier alpha value is -3.54. The summed E-state index contributed by atoms with van der Waals surface area (Å²) in [5.41, 5.74) is 3.35. The standard InChI is InChI=1S/C20H17N5O/c26-20(15-25-18-11-5-4-10-17(18)22-23-25)21-19-12-6-7-13-24(19)14-16-8-2-1-3-9-16/h1-13H,14-15H2. The molecule has 1 amide bonds. The van der Waals surface area contributed by atoms with Crippen molar-refractivity contribution in [2.45, 2.75) is 13.1 Å². The lowest BCUT2D eigenvalue weighted by Gasteiger charge is -2.07. The Labute approximate surface area is 150 Å². The second-order valence-electron chi connectivity index (χ2n) is 5.91. The van der Waals surface area contributed by atoms with E-state index in [9.17, 15) is 4.79 Å². The fourth-order valence-corrected chi connectivity index (χ4v) is 2.81. The van der Waals surface area contributed by atoms with Crippen molar-refractivity contribution in [1.82, 2.24) is 19.6 Å². The van der Waals surface area contributed by atoms with Crippen LogP contribution in [0.2, 0.25) is 0 Å². The van der Waals surface area contributed by atoms with Gasteiger partial charge in [0.1, 0.15) is 17.5 Å². The predicted octanol–water partition coefficient (Wildman–Crippen LogP) is 2.41. The summed E-state index contributed by atoms with van der Waals surface area (Å²) in [5.74, 6) is -0.270. The van der Waals surface area contributed by atoms with Crippen LogP contribution in [0.1, 0.15) is 5.56 Å². The highest BCUT2D eigenvalue weighted by atomic mass is 16.1. The summed E-state index contributed by atoms with van der Waals surface area (Å²) < 4.78 is 3.53. The number of amides is 1. The van der Waals surface area contributed by atoms with E-state index in [1.165, 1.54) is 0 Å². The molecular formula is C20H17N5O. The summed E-state index contributed by atoms with van der Waals surface area (Å²) in [4.78, 5) is 16.7. The summed E-state index contributed by atoms with van der Waals surface area (Å²) in [6, 6.07) is 23.3. The number of pyridine rings is 1. The van der Waals surface area contributed by atoms with E-state index in [-0.39, 0.29) is 12.5 Å². The zero-order valence-corrected chi connectivity index (χ0v) is 14.1. The molecule has 128 valence electrons. The van der Waals surface area contributed by atoms with E-state index in [2.05, 4.69) is 15.3 Å². The number of hydrogen-bond donors (Lipinski definition) is 0. The molecule has 0 N–H and O–H groups in total. The van der Waals surface area contributed by atoms with E-state index in [0.29, 0.717) is 12.0 Å². The summed E-state index contributed by atoms with van der Waals surface area (Å²) in [5, 5.41) is 8.11. The van der Waals surface area contributed by atoms with Crippen molar-refractivity contribution in [3.8, 4) is 0 Å². The smallest absolute Gasteiger partial charge is 0.269 e. The third-order valence-electron chi connectivity index (χ3n) is 4.06. The summed E-state index contributed by atoms with van der Waals surface area (Å²) in [7, 11) is 0. The van der Waals surface area contributed by atoms with E-state index >= 15 is 0 Å². The van der Waals surface area contributed by atoms with Gasteiger partial charge in [0.15, 0.2) is 0 Å². The molecule has 0 aliphatic heterocycles. The molecule has 6 heteroatoms. The van der Waals surface area contributed by atoms with Crippen LogP contribution in [0.25, 0.3) is 11.0 Å². The first-order valence-electron chi connectivity index (χ1n) is 8.35. The van der Waals surface area contributed by atoms with Gasteiger partial charge in [-0.1, -0.05) is 53.7 Å². The van der Waals surface area contributed by atoms with Crippen molar-refractivity contribution in [3.05, 3.63) is 90.0 Å². The van der Waals surface area contributed by atoms with Gasteiger partial charge in [-0.15, -0.1) is 5.10 Å². The third-order valence-corrected chi connectivity index (χ3v) is 4.06. The van der Waals surface area contributed by atoms with Crippen molar-refractivity contribution in [3.63, 3.8) is 0 Å². The van der Waals surface area contributed by atoms with Crippen LogP contribution in [0.3, 0.4) is 0 Å². The van der Waals surface area contributed by atoms with Gasteiger partial charge in [0.05, 0.1) is 5.52 Å². The van der Waals surface area contributed by atoms with Gasteiger partial charge in [-0.25, -0.2) is 4.68 Å². The van der Waals surface area contributed by atoms with Crippen LogP contribution >= 0.6 is 0 Å². The predicted molar refractivity (Wildman–Crippen MR) is 98.1 cm³/mol. The summed E-state index contributed by atoms with van der Waals surface area (Å²) in [6.07, 6.45) is 1.92. The van der Waals surface area contributed by atoms with Crippen molar-refractivity contribution >= 4 is 16.9 Å². The lowest BCUT2D eigenvalue weighted by molar-refractivity contribution is -0.118. The monoisotopic (exact) mass is 343 g/mol. The first-order chi connectivity index (χ1) is 12.8. The number of aromatic nitrogens is 4. The van der Waals surface area contributed by atoms with Crippen molar-refractivity contribution in [1.29, 1.82) is 0 Å². The molecule has 6 nitrogen and oxygen atoms in total. The number of nitrogens with zero attached hydrogens (tertiary/aromatic N) is 5. The number of fused-ring (bicyclic) bond motifs is 1. The van der Waals surface area contributed by atoms with Crippen LogP contribution in [0.4, 0.5) is 0 Å². The molecule has 2 aromatic carbocycles. The number of hydrogen-bond acceptors (Lipinski definition) is 3. The number of rotatable bonds is 4. The fourth-order valence-electron chi connectivity index (χ4n) is 2.81. The van der Waals surface area contributed by atoms with E-state index in [1.807, 2.05) is 83.6 Å². The third kappa shape index (κ3) is 3.44. The van der Waals surface area contributed by atoms with E-state index in [0.717, 1.165) is 16.6 Å². The Morgan fingerprint density at radius 2 is 1.69 bits per heavy atom. The minimum absolute atomic E-state index is 0.0563. The highest BCUT2D eigenvalue weighted by Crippen LogP contribution is 2.09.